The Morgan fingerprint density at radius 3 is 2.94 bits per heavy atom. The molecule has 0 fully saturated rings. The lowest BCUT2D eigenvalue weighted by molar-refractivity contribution is 0.0923. The van der Waals surface area contributed by atoms with Gasteiger partial charge in [0, 0.05) is 22.7 Å². The molecule has 16 heavy (non-hydrogen) atoms. The topological polar surface area (TPSA) is 43.1 Å². The molecular weight excluding hydrogens is 218 g/mol. The number of thiophene rings is 1. The first-order valence-corrected chi connectivity index (χ1v) is 6.36. The van der Waals surface area contributed by atoms with Crippen LogP contribution >= 0.6 is 11.3 Å². The van der Waals surface area contributed by atoms with Crippen molar-refractivity contribution in [2.75, 3.05) is 6.54 Å². The summed E-state index contributed by atoms with van der Waals surface area (Å²) in [6.07, 6.45) is 0.803. The highest BCUT2D eigenvalue weighted by molar-refractivity contribution is 7.17. The van der Waals surface area contributed by atoms with Crippen LogP contribution in [-0.2, 0) is 0 Å². The quantitative estimate of drug-likeness (QED) is 0.825. The molecule has 0 aliphatic rings. The lowest BCUT2D eigenvalue weighted by Crippen LogP contribution is -2.23. The van der Waals surface area contributed by atoms with Crippen molar-refractivity contribution in [3.05, 3.63) is 35.2 Å². The van der Waals surface area contributed by atoms with Crippen molar-refractivity contribution in [2.24, 2.45) is 11.7 Å². The summed E-state index contributed by atoms with van der Waals surface area (Å²) in [5, 5.41) is 3.16. The lowest BCUT2D eigenvalue weighted by Gasteiger charge is -2.11. The minimum Gasteiger partial charge on any atom is -0.330 e. The number of Topliss-reactive ketones (excluding diaryl/α,β-unsaturated/α-hetero) is 1. The molecule has 1 heterocycles. The van der Waals surface area contributed by atoms with Gasteiger partial charge in [0.2, 0.25) is 0 Å². The average Bonchev–Trinajstić information content (AvgIpc) is 2.78. The third-order valence-corrected chi connectivity index (χ3v) is 3.86. The zero-order chi connectivity index (χ0) is 11.5. The van der Waals surface area contributed by atoms with E-state index in [1.54, 1.807) is 11.3 Å². The minimum absolute atomic E-state index is 0.0484. The maximum absolute atomic E-state index is 12.2. The van der Waals surface area contributed by atoms with Crippen molar-refractivity contribution in [3.8, 4) is 0 Å². The Hall–Kier alpha value is -1.19. The Labute approximate surface area is 99.1 Å². The molecular formula is C13H15NOS. The molecule has 1 unspecified atom stereocenters. The molecule has 0 aliphatic heterocycles. The molecule has 2 aromatic rings. The van der Waals surface area contributed by atoms with Crippen LogP contribution in [0, 0.1) is 5.92 Å². The van der Waals surface area contributed by atoms with Gasteiger partial charge in [0.1, 0.15) is 0 Å². The van der Waals surface area contributed by atoms with Crippen LogP contribution < -0.4 is 5.73 Å². The van der Waals surface area contributed by atoms with Crippen LogP contribution in [0.2, 0.25) is 0 Å². The summed E-state index contributed by atoms with van der Waals surface area (Å²) in [4.78, 5) is 12.2. The van der Waals surface area contributed by atoms with Gasteiger partial charge >= 0.3 is 0 Å². The monoisotopic (exact) mass is 233 g/mol. The number of hydrogen-bond donors (Lipinski definition) is 1. The molecule has 0 bridgehead atoms. The van der Waals surface area contributed by atoms with Crippen molar-refractivity contribution in [3.63, 3.8) is 0 Å². The molecule has 0 aliphatic carbocycles. The van der Waals surface area contributed by atoms with E-state index in [4.69, 9.17) is 5.73 Å². The molecule has 2 rings (SSSR count). The second-order valence-corrected chi connectivity index (χ2v) is 4.77. The van der Waals surface area contributed by atoms with Gasteiger partial charge in [-0.1, -0.05) is 19.1 Å². The standard InChI is InChI=1S/C13H15NOS/c1-2-9(8-14)12(15)11-5-3-4-10-6-7-16-13(10)11/h3-7,9H,2,8,14H2,1H3. The fourth-order valence-corrected chi connectivity index (χ4v) is 2.78. The Bertz CT molecular complexity index is 499. The summed E-state index contributed by atoms with van der Waals surface area (Å²) >= 11 is 1.62. The van der Waals surface area contributed by atoms with E-state index in [-0.39, 0.29) is 11.7 Å². The second-order valence-electron chi connectivity index (χ2n) is 3.85. The Balaban J connectivity index is 2.46. The van der Waals surface area contributed by atoms with Gasteiger partial charge in [-0.2, -0.15) is 0 Å². The van der Waals surface area contributed by atoms with Crippen LogP contribution in [0.15, 0.2) is 29.6 Å². The zero-order valence-corrected chi connectivity index (χ0v) is 10.1. The summed E-state index contributed by atoms with van der Waals surface area (Å²) in [5.74, 6) is 0.130. The molecule has 0 saturated carbocycles. The van der Waals surface area contributed by atoms with Gasteiger partial charge in [0.15, 0.2) is 5.78 Å². The third-order valence-electron chi connectivity index (χ3n) is 2.89. The smallest absolute Gasteiger partial charge is 0.168 e. The molecule has 0 amide bonds. The van der Waals surface area contributed by atoms with Crippen LogP contribution in [0.5, 0.6) is 0 Å². The molecule has 2 N–H and O–H groups in total. The molecule has 0 saturated heterocycles. The normalized spacial score (nSPS) is 12.9. The van der Waals surface area contributed by atoms with Crippen molar-refractivity contribution in [2.45, 2.75) is 13.3 Å². The number of nitrogens with two attached hydrogens (primary N) is 1. The minimum atomic E-state index is -0.0484. The number of ketones is 1. The molecule has 1 aromatic carbocycles. The highest BCUT2D eigenvalue weighted by Gasteiger charge is 2.18. The summed E-state index contributed by atoms with van der Waals surface area (Å²) in [5.41, 5.74) is 6.45. The number of hydrogen-bond acceptors (Lipinski definition) is 3. The molecule has 1 aromatic heterocycles. The summed E-state index contributed by atoms with van der Waals surface area (Å²) in [6, 6.07) is 7.91. The van der Waals surface area contributed by atoms with Crippen LogP contribution in [0.25, 0.3) is 10.1 Å². The van der Waals surface area contributed by atoms with Gasteiger partial charge in [-0.3, -0.25) is 4.79 Å². The van der Waals surface area contributed by atoms with E-state index in [1.807, 2.05) is 36.6 Å². The number of fused-ring (bicyclic) bond motifs is 1. The van der Waals surface area contributed by atoms with Gasteiger partial charge in [0.25, 0.3) is 0 Å². The van der Waals surface area contributed by atoms with E-state index < -0.39 is 0 Å². The highest BCUT2D eigenvalue weighted by Crippen LogP contribution is 2.26. The van der Waals surface area contributed by atoms with Gasteiger partial charge < -0.3 is 5.73 Å². The van der Waals surface area contributed by atoms with Gasteiger partial charge in [-0.15, -0.1) is 11.3 Å². The fourth-order valence-electron chi connectivity index (χ4n) is 1.87. The van der Waals surface area contributed by atoms with Crippen LogP contribution in [0.3, 0.4) is 0 Å². The van der Waals surface area contributed by atoms with E-state index in [1.165, 1.54) is 0 Å². The second kappa shape index (κ2) is 4.76. The molecule has 1 atom stereocenters. The van der Waals surface area contributed by atoms with E-state index >= 15 is 0 Å². The number of carbonyl (C=O) groups excluding carboxylic acids is 1. The zero-order valence-electron chi connectivity index (χ0n) is 9.27. The molecule has 2 nitrogen and oxygen atoms in total. The van der Waals surface area contributed by atoms with E-state index in [0.29, 0.717) is 6.54 Å². The maximum atomic E-state index is 12.2. The summed E-state index contributed by atoms with van der Waals surface area (Å²) in [7, 11) is 0. The van der Waals surface area contributed by atoms with Crippen LogP contribution in [0.1, 0.15) is 23.7 Å². The maximum Gasteiger partial charge on any atom is 0.168 e. The van der Waals surface area contributed by atoms with Crippen molar-refractivity contribution in [1.82, 2.24) is 0 Å². The molecule has 0 spiro atoms. The van der Waals surface area contributed by atoms with Crippen LogP contribution in [0.4, 0.5) is 0 Å². The number of carbonyl (C=O) groups is 1. The van der Waals surface area contributed by atoms with Crippen molar-refractivity contribution in [1.29, 1.82) is 0 Å². The average molecular weight is 233 g/mol. The third kappa shape index (κ3) is 1.88. The van der Waals surface area contributed by atoms with Crippen molar-refractivity contribution < 1.29 is 4.79 Å². The fraction of sp³-hybridized carbons (Fsp3) is 0.308. The molecule has 84 valence electrons. The number of benzene rings is 1. The van der Waals surface area contributed by atoms with Gasteiger partial charge in [-0.05, 0) is 29.3 Å². The first-order chi connectivity index (χ1) is 7.77. The molecule has 3 heteroatoms. The largest absolute Gasteiger partial charge is 0.330 e. The van der Waals surface area contributed by atoms with Crippen molar-refractivity contribution >= 4 is 27.2 Å². The van der Waals surface area contributed by atoms with E-state index in [2.05, 4.69) is 0 Å². The number of rotatable bonds is 4. The lowest BCUT2D eigenvalue weighted by atomic mass is 9.95. The van der Waals surface area contributed by atoms with E-state index in [0.717, 1.165) is 22.1 Å². The Kier molecular flexibility index (Phi) is 3.36. The predicted molar refractivity (Wildman–Crippen MR) is 69.0 cm³/mol. The van der Waals surface area contributed by atoms with Crippen LogP contribution in [-0.4, -0.2) is 12.3 Å². The first kappa shape index (κ1) is 11.3. The summed E-state index contributed by atoms with van der Waals surface area (Å²) < 4.78 is 1.08. The first-order valence-electron chi connectivity index (χ1n) is 5.48. The molecule has 0 radical (unpaired) electrons. The SMILES string of the molecule is CCC(CN)C(=O)c1cccc2ccsc12. The Morgan fingerprint density at radius 1 is 1.44 bits per heavy atom. The van der Waals surface area contributed by atoms with E-state index in [9.17, 15) is 4.79 Å². The summed E-state index contributed by atoms with van der Waals surface area (Å²) in [6.45, 7) is 2.43. The van der Waals surface area contributed by atoms with Gasteiger partial charge in [0.05, 0.1) is 0 Å². The highest BCUT2D eigenvalue weighted by atomic mass is 32.1. The Morgan fingerprint density at radius 2 is 2.25 bits per heavy atom. The van der Waals surface area contributed by atoms with Gasteiger partial charge in [-0.25, -0.2) is 0 Å². The predicted octanol–water partition coefficient (Wildman–Crippen LogP) is 3.07.